The third-order valence-electron chi connectivity index (χ3n) is 4.43. The zero-order valence-electron chi connectivity index (χ0n) is 17.5. The summed E-state index contributed by atoms with van der Waals surface area (Å²) in [6.45, 7) is 3.96. The van der Waals surface area contributed by atoms with Gasteiger partial charge >= 0.3 is 0 Å². The first-order valence-corrected chi connectivity index (χ1v) is 9.67. The number of carboxylic acid groups (broad SMARTS) is 1. The standard InChI is InChI=1S/C22H28FN3O4/c1-13(2)20-18(10-9-16(27)11-17(28)12-19(29)30)21(25-22(24-20)26(3)4)14-5-7-15(23)8-6-14/h5-10,13,16-17,27-28H,11-12H2,1-4H3,(H,29,30)/p-1/b10-9+/t16-,17-/m1/s1. The highest BCUT2D eigenvalue weighted by Crippen LogP contribution is 2.31. The van der Waals surface area contributed by atoms with Crippen molar-refractivity contribution in [3.8, 4) is 11.3 Å². The maximum Gasteiger partial charge on any atom is 0.225 e. The molecule has 0 radical (unpaired) electrons. The molecule has 0 amide bonds. The van der Waals surface area contributed by atoms with Gasteiger partial charge in [0.05, 0.1) is 23.6 Å². The minimum absolute atomic E-state index is 0.0337. The number of carboxylic acids is 1. The van der Waals surface area contributed by atoms with Crippen LogP contribution in [0.25, 0.3) is 17.3 Å². The number of anilines is 1. The van der Waals surface area contributed by atoms with Crippen molar-refractivity contribution in [2.45, 2.75) is 44.8 Å². The van der Waals surface area contributed by atoms with Crippen LogP contribution in [0, 0.1) is 5.82 Å². The van der Waals surface area contributed by atoms with E-state index in [2.05, 4.69) is 9.97 Å². The highest BCUT2D eigenvalue weighted by Gasteiger charge is 2.18. The van der Waals surface area contributed by atoms with Crippen LogP contribution in [0.15, 0.2) is 30.3 Å². The molecule has 0 bridgehead atoms. The summed E-state index contributed by atoms with van der Waals surface area (Å²) in [6, 6.07) is 5.94. The summed E-state index contributed by atoms with van der Waals surface area (Å²) < 4.78 is 13.4. The highest BCUT2D eigenvalue weighted by molar-refractivity contribution is 5.75. The molecule has 2 rings (SSSR count). The van der Waals surface area contributed by atoms with Gasteiger partial charge in [-0.05, 0) is 30.2 Å². The van der Waals surface area contributed by atoms with Gasteiger partial charge in [-0.25, -0.2) is 14.4 Å². The number of rotatable bonds is 9. The van der Waals surface area contributed by atoms with Crippen LogP contribution in [0.2, 0.25) is 0 Å². The molecule has 0 saturated heterocycles. The predicted octanol–water partition coefficient (Wildman–Crippen LogP) is 1.74. The maximum absolute atomic E-state index is 13.4. The van der Waals surface area contributed by atoms with Crippen molar-refractivity contribution < 1.29 is 24.5 Å². The molecule has 30 heavy (non-hydrogen) atoms. The molecule has 2 N–H and O–H groups in total. The van der Waals surface area contributed by atoms with Gasteiger partial charge in [-0.15, -0.1) is 0 Å². The van der Waals surface area contributed by atoms with Crippen molar-refractivity contribution in [3.05, 3.63) is 47.4 Å². The lowest BCUT2D eigenvalue weighted by molar-refractivity contribution is -0.307. The van der Waals surface area contributed by atoms with E-state index in [1.807, 2.05) is 27.9 Å². The van der Waals surface area contributed by atoms with E-state index in [1.54, 1.807) is 23.1 Å². The molecule has 162 valence electrons. The number of aliphatic carboxylic acids is 1. The number of aromatic nitrogens is 2. The van der Waals surface area contributed by atoms with E-state index >= 15 is 0 Å². The average molecular weight is 416 g/mol. The molecule has 1 heterocycles. The molecule has 2 atom stereocenters. The molecular weight excluding hydrogens is 389 g/mol. The number of carbonyl (C=O) groups is 1. The lowest BCUT2D eigenvalue weighted by Crippen LogP contribution is -2.29. The fourth-order valence-electron chi connectivity index (χ4n) is 2.95. The van der Waals surface area contributed by atoms with E-state index in [4.69, 9.17) is 0 Å². The first kappa shape index (κ1) is 23.4. The van der Waals surface area contributed by atoms with Gasteiger partial charge in [0.25, 0.3) is 0 Å². The first-order valence-electron chi connectivity index (χ1n) is 9.67. The molecule has 8 heteroatoms. The van der Waals surface area contributed by atoms with E-state index in [1.165, 1.54) is 18.2 Å². The first-order chi connectivity index (χ1) is 14.1. The number of nitrogens with zero attached hydrogens (tertiary/aromatic N) is 3. The van der Waals surface area contributed by atoms with Gasteiger partial charge in [-0.2, -0.15) is 0 Å². The molecule has 0 aliphatic rings. The van der Waals surface area contributed by atoms with Crippen LogP contribution >= 0.6 is 0 Å². The van der Waals surface area contributed by atoms with Gasteiger partial charge in [-0.1, -0.05) is 26.0 Å². The second kappa shape index (κ2) is 10.3. The van der Waals surface area contributed by atoms with Crippen molar-refractivity contribution in [1.82, 2.24) is 9.97 Å². The summed E-state index contributed by atoms with van der Waals surface area (Å²) >= 11 is 0. The van der Waals surface area contributed by atoms with Crippen molar-refractivity contribution >= 4 is 18.0 Å². The Morgan fingerprint density at radius 3 is 2.37 bits per heavy atom. The fraction of sp³-hybridized carbons (Fsp3) is 0.409. The van der Waals surface area contributed by atoms with Gasteiger partial charge in [0.2, 0.25) is 5.95 Å². The van der Waals surface area contributed by atoms with Crippen LogP contribution < -0.4 is 10.0 Å². The monoisotopic (exact) mass is 416 g/mol. The molecule has 0 unspecified atom stereocenters. The van der Waals surface area contributed by atoms with Gasteiger partial charge in [0.1, 0.15) is 5.82 Å². The topological polar surface area (TPSA) is 110 Å². The van der Waals surface area contributed by atoms with Gasteiger partial charge in [0.15, 0.2) is 0 Å². The van der Waals surface area contributed by atoms with E-state index in [0.29, 0.717) is 22.8 Å². The number of halogens is 1. The maximum atomic E-state index is 13.4. The molecule has 0 aliphatic carbocycles. The number of carbonyl (C=O) groups excluding carboxylic acids is 1. The van der Waals surface area contributed by atoms with Crippen LogP contribution in [0.1, 0.15) is 43.9 Å². The summed E-state index contributed by atoms with van der Waals surface area (Å²) in [7, 11) is 3.65. The second-order valence-electron chi connectivity index (χ2n) is 7.62. The Morgan fingerprint density at radius 1 is 1.20 bits per heavy atom. The predicted molar refractivity (Wildman–Crippen MR) is 111 cm³/mol. The summed E-state index contributed by atoms with van der Waals surface area (Å²) in [5.74, 6) is -1.21. The van der Waals surface area contributed by atoms with E-state index < -0.39 is 24.6 Å². The zero-order chi connectivity index (χ0) is 22.4. The molecule has 1 aromatic heterocycles. The Hall–Kier alpha value is -2.84. The van der Waals surface area contributed by atoms with Crippen LogP contribution in [-0.4, -0.2) is 52.5 Å². The van der Waals surface area contributed by atoms with Gasteiger partial charge in [0, 0.05) is 44.0 Å². The fourth-order valence-corrected chi connectivity index (χ4v) is 2.95. The third-order valence-corrected chi connectivity index (χ3v) is 4.43. The Balaban J connectivity index is 2.49. The van der Waals surface area contributed by atoms with Crippen LogP contribution in [0.5, 0.6) is 0 Å². The van der Waals surface area contributed by atoms with Gasteiger partial charge < -0.3 is 25.0 Å². The summed E-state index contributed by atoms with van der Waals surface area (Å²) in [4.78, 5) is 21.6. The SMILES string of the molecule is CC(C)c1nc(N(C)C)nc(-c2ccc(F)cc2)c1/C=C/[C@@H](O)C[C@@H](O)CC(=O)[O-]. The number of benzene rings is 1. The normalized spacial score (nSPS) is 13.6. The minimum Gasteiger partial charge on any atom is -0.550 e. The second-order valence-corrected chi connectivity index (χ2v) is 7.62. The van der Waals surface area contributed by atoms with Crippen LogP contribution in [-0.2, 0) is 4.79 Å². The molecule has 0 fully saturated rings. The number of hydrogen-bond donors (Lipinski definition) is 2. The molecule has 1 aromatic carbocycles. The van der Waals surface area contributed by atoms with Crippen LogP contribution in [0.3, 0.4) is 0 Å². The van der Waals surface area contributed by atoms with E-state index in [0.717, 1.165) is 5.69 Å². The lowest BCUT2D eigenvalue weighted by Gasteiger charge is -2.19. The summed E-state index contributed by atoms with van der Waals surface area (Å²) in [5.41, 5.74) is 2.67. The molecule has 0 aliphatic heterocycles. The Labute approximate surface area is 175 Å². The summed E-state index contributed by atoms with van der Waals surface area (Å²) in [5, 5.41) is 30.5. The van der Waals surface area contributed by atoms with Gasteiger partial charge in [-0.3, -0.25) is 0 Å². The number of aliphatic hydroxyl groups excluding tert-OH is 2. The largest absolute Gasteiger partial charge is 0.550 e. The molecule has 0 saturated carbocycles. The number of hydrogen-bond acceptors (Lipinski definition) is 7. The van der Waals surface area contributed by atoms with Crippen molar-refractivity contribution in [1.29, 1.82) is 0 Å². The van der Waals surface area contributed by atoms with E-state index in [-0.39, 0.29) is 18.2 Å². The lowest BCUT2D eigenvalue weighted by atomic mass is 9.97. The third kappa shape index (κ3) is 6.33. The minimum atomic E-state index is -1.38. The molecule has 2 aromatic rings. The van der Waals surface area contributed by atoms with Crippen LogP contribution in [0.4, 0.5) is 10.3 Å². The Bertz CT molecular complexity index is 898. The molecular formula is C22H27FN3O4-. The highest BCUT2D eigenvalue weighted by atomic mass is 19.1. The Morgan fingerprint density at radius 2 is 1.83 bits per heavy atom. The quantitative estimate of drug-likeness (QED) is 0.641. The number of aliphatic hydroxyl groups is 2. The van der Waals surface area contributed by atoms with E-state index in [9.17, 15) is 24.5 Å². The average Bonchev–Trinajstić information content (AvgIpc) is 2.65. The van der Waals surface area contributed by atoms with Crippen molar-refractivity contribution in [2.24, 2.45) is 0 Å². The summed E-state index contributed by atoms with van der Waals surface area (Å²) in [6.07, 6.45) is 0.125. The molecule has 0 spiro atoms. The Kier molecular flexibility index (Phi) is 8.02. The smallest absolute Gasteiger partial charge is 0.225 e. The van der Waals surface area contributed by atoms with Crippen molar-refractivity contribution in [3.63, 3.8) is 0 Å². The zero-order valence-corrected chi connectivity index (χ0v) is 17.5. The molecule has 7 nitrogen and oxygen atoms in total. The van der Waals surface area contributed by atoms with Crippen molar-refractivity contribution in [2.75, 3.05) is 19.0 Å².